The van der Waals surface area contributed by atoms with Gasteiger partial charge in [-0.25, -0.2) is 0 Å². The second-order valence-electron chi connectivity index (χ2n) is 2.67. The molecule has 0 aliphatic carbocycles. The Morgan fingerprint density at radius 2 is 1.93 bits per heavy atom. The number of nitrogens with zero attached hydrogens (tertiary/aromatic N) is 2. The van der Waals surface area contributed by atoms with Crippen molar-refractivity contribution in [2.24, 2.45) is 16.5 Å². The van der Waals surface area contributed by atoms with Gasteiger partial charge in [0.2, 0.25) is 5.96 Å². The summed E-state index contributed by atoms with van der Waals surface area (Å²) in [6.07, 6.45) is 1.85. The molecule has 1 rings (SSSR count). The van der Waals surface area contributed by atoms with Crippen LogP contribution < -0.4 is 15.8 Å². The average Bonchev–Trinajstić information content (AvgIpc) is 2.19. The van der Waals surface area contributed by atoms with Gasteiger partial charge in [0.15, 0.2) is 5.96 Å². The van der Waals surface area contributed by atoms with Crippen LogP contribution in [0.1, 0.15) is 0 Å². The van der Waals surface area contributed by atoms with Crippen LogP contribution in [-0.2, 0) is 0 Å². The van der Waals surface area contributed by atoms with Crippen molar-refractivity contribution in [2.75, 3.05) is 10.6 Å². The van der Waals surface area contributed by atoms with E-state index in [2.05, 4.69) is 4.99 Å². The molecule has 0 aromatic heterocycles. The van der Waals surface area contributed by atoms with E-state index in [-0.39, 0.29) is 11.9 Å². The predicted molar refractivity (Wildman–Crippen MR) is 66.0 cm³/mol. The summed E-state index contributed by atoms with van der Waals surface area (Å²) in [6.45, 7) is 0. The van der Waals surface area contributed by atoms with Gasteiger partial charge in [0.05, 0.1) is 5.69 Å². The van der Waals surface area contributed by atoms with Gasteiger partial charge >= 0.3 is 0 Å². The van der Waals surface area contributed by atoms with Crippen LogP contribution in [0.3, 0.4) is 0 Å². The fraction of sp³-hybridized carbons (Fsp3) is 0.111. The summed E-state index contributed by atoms with van der Waals surface area (Å²) in [5, 5.41) is 7.67. The summed E-state index contributed by atoms with van der Waals surface area (Å²) in [4.78, 5) is 3.69. The highest BCUT2D eigenvalue weighted by Crippen LogP contribution is 2.20. The molecule has 0 aliphatic rings. The van der Waals surface area contributed by atoms with Crippen LogP contribution in [-0.4, -0.2) is 18.2 Å². The number of aliphatic imine (C=N–C) groups is 1. The van der Waals surface area contributed by atoms with E-state index in [1.165, 1.54) is 11.9 Å². The number of benzene rings is 1. The Bertz CT molecular complexity index is 358. The van der Waals surface area contributed by atoms with Crippen LogP contribution in [0.5, 0.6) is 0 Å². The molecule has 0 saturated heterocycles. The van der Waals surface area contributed by atoms with Crippen molar-refractivity contribution in [1.82, 2.24) is 0 Å². The minimum atomic E-state index is -0.116. The molecule has 0 bridgehead atoms. The van der Waals surface area contributed by atoms with Gasteiger partial charge in [-0.1, -0.05) is 18.2 Å². The van der Waals surface area contributed by atoms with Gasteiger partial charge < -0.3 is 11.5 Å². The summed E-state index contributed by atoms with van der Waals surface area (Å²) >= 11 is 1.36. The Hall–Kier alpha value is -1.69. The number of nitrogens with two attached hydrogens (primary N) is 2. The molecule has 5 N–H and O–H groups in total. The minimum absolute atomic E-state index is 0.00806. The lowest BCUT2D eigenvalue weighted by atomic mass is 10.3. The van der Waals surface area contributed by atoms with Gasteiger partial charge in [-0.3, -0.25) is 9.71 Å². The zero-order valence-electron chi connectivity index (χ0n) is 8.34. The minimum Gasteiger partial charge on any atom is -0.370 e. The average molecular weight is 223 g/mol. The molecule has 0 aliphatic heterocycles. The first-order chi connectivity index (χ1) is 7.15. The zero-order valence-corrected chi connectivity index (χ0v) is 9.16. The van der Waals surface area contributed by atoms with Gasteiger partial charge in [-0.05, 0) is 24.1 Å². The van der Waals surface area contributed by atoms with Gasteiger partial charge in [0.25, 0.3) is 0 Å². The first-order valence-electron chi connectivity index (χ1n) is 4.22. The molecule has 0 atom stereocenters. The maximum atomic E-state index is 7.67. The van der Waals surface area contributed by atoms with E-state index < -0.39 is 0 Å². The second kappa shape index (κ2) is 5.26. The second-order valence-corrected chi connectivity index (χ2v) is 3.40. The highest BCUT2D eigenvalue weighted by Gasteiger charge is 2.09. The Labute approximate surface area is 92.8 Å². The predicted octanol–water partition coefficient (Wildman–Crippen LogP) is 0.979. The molecule has 6 heteroatoms. The summed E-state index contributed by atoms with van der Waals surface area (Å²) in [6, 6.07) is 9.45. The van der Waals surface area contributed by atoms with Gasteiger partial charge in [-0.15, -0.1) is 0 Å². The van der Waals surface area contributed by atoms with E-state index in [1.807, 2.05) is 36.6 Å². The maximum Gasteiger partial charge on any atom is 0.236 e. The van der Waals surface area contributed by atoms with Crippen molar-refractivity contribution in [3.63, 3.8) is 0 Å². The van der Waals surface area contributed by atoms with Crippen molar-refractivity contribution < 1.29 is 0 Å². The molecule has 0 unspecified atom stereocenters. The van der Waals surface area contributed by atoms with Crippen LogP contribution in [0.4, 0.5) is 5.69 Å². The van der Waals surface area contributed by atoms with E-state index in [9.17, 15) is 0 Å². The lowest BCUT2D eigenvalue weighted by Crippen LogP contribution is -2.29. The van der Waals surface area contributed by atoms with Gasteiger partial charge in [-0.2, -0.15) is 4.99 Å². The third kappa shape index (κ3) is 3.17. The molecule has 1 aromatic rings. The van der Waals surface area contributed by atoms with Crippen molar-refractivity contribution >= 4 is 29.6 Å². The molecule has 1 aromatic carbocycles. The number of hydrogen-bond donors (Lipinski definition) is 3. The molecule has 0 saturated carbocycles. The van der Waals surface area contributed by atoms with Crippen LogP contribution in [0.15, 0.2) is 35.3 Å². The van der Waals surface area contributed by atoms with E-state index in [0.29, 0.717) is 0 Å². The monoisotopic (exact) mass is 223 g/mol. The summed E-state index contributed by atoms with van der Waals surface area (Å²) in [5.74, 6) is -0.108. The molecule has 0 amide bonds. The SMILES string of the molecule is CSN(C(=N)N=C(N)N)c1ccccc1. The van der Waals surface area contributed by atoms with Crippen LogP contribution >= 0.6 is 11.9 Å². The first-order valence-corrected chi connectivity index (χ1v) is 5.40. The van der Waals surface area contributed by atoms with Gasteiger partial charge in [0, 0.05) is 6.26 Å². The standard InChI is InChI=1S/C9H13N5S/c1-15-14(9(12)13-8(10)11)7-5-3-2-4-6-7/h2-6H,1H3,(H5,10,11,12,13). The maximum absolute atomic E-state index is 7.67. The summed E-state index contributed by atoms with van der Waals surface area (Å²) in [5.41, 5.74) is 11.3. The van der Waals surface area contributed by atoms with E-state index in [4.69, 9.17) is 16.9 Å². The number of hydrogen-bond acceptors (Lipinski definition) is 2. The number of rotatable bonds is 2. The van der Waals surface area contributed by atoms with Crippen molar-refractivity contribution in [1.29, 1.82) is 5.41 Å². The highest BCUT2D eigenvalue weighted by atomic mass is 32.2. The largest absolute Gasteiger partial charge is 0.370 e. The highest BCUT2D eigenvalue weighted by molar-refractivity contribution is 8.00. The molecule has 5 nitrogen and oxygen atoms in total. The molecule has 0 heterocycles. The molecule has 0 radical (unpaired) electrons. The Morgan fingerprint density at radius 3 is 2.40 bits per heavy atom. The molecule has 15 heavy (non-hydrogen) atoms. The molecule has 80 valence electrons. The molecular weight excluding hydrogens is 210 g/mol. The Balaban J connectivity index is 2.90. The fourth-order valence-electron chi connectivity index (χ4n) is 1.05. The lowest BCUT2D eigenvalue weighted by molar-refractivity contribution is 1.32. The molecule has 0 spiro atoms. The smallest absolute Gasteiger partial charge is 0.236 e. The zero-order chi connectivity index (χ0) is 11.3. The van der Waals surface area contributed by atoms with Crippen LogP contribution in [0.2, 0.25) is 0 Å². The van der Waals surface area contributed by atoms with Crippen molar-refractivity contribution in [3.8, 4) is 0 Å². The van der Waals surface area contributed by atoms with Crippen LogP contribution in [0.25, 0.3) is 0 Å². The Morgan fingerprint density at radius 1 is 1.33 bits per heavy atom. The van der Waals surface area contributed by atoms with Crippen molar-refractivity contribution in [3.05, 3.63) is 30.3 Å². The Kier molecular flexibility index (Phi) is 3.99. The van der Waals surface area contributed by atoms with E-state index >= 15 is 0 Å². The first kappa shape index (κ1) is 11.4. The molecule has 0 fully saturated rings. The van der Waals surface area contributed by atoms with Crippen LogP contribution in [0, 0.1) is 5.41 Å². The van der Waals surface area contributed by atoms with Crippen molar-refractivity contribution in [2.45, 2.75) is 0 Å². The third-order valence-electron chi connectivity index (χ3n) is 1.60. The normalized spacial score (nSPS) is 9.40. The number of anilines is 1. The summed E-state index contributed by atoms with van der Waals surface area (Å²) < 4.78 is 1.62. The van der Waals surface area contributed by atoms with E-state index in [0.717, 1.165) is 5.69 Å². The van der Waals surface area contributed by atoms with Gasteiger partial charge in [0.1, 0.15) is 0 Å². The number of nitrogens with one attached hydrogen (secondary N) is 1. The fourth-order valence-corrected chi connectivity index (χ4v) is 1.59. The number of guanidine groups is 2. The third-order valence-corrected chi connectivity index (χ3v) is 2.35. The quantitative estimate of drug-likeness (QED) is 0.396. The topological polar surface area (TPSA) is 91.5 Å². The number of para-hydroxylation sites is 1. The molecular formula is C9H13N5S. The lowest BCUT2D eigenvalue weighted by Gasteiger charge is -2.18. The van der Waals surface area contributed by atoms with E-state index in [1.54, 1.807) is 4.31 Å². The summed E-state index contributed by atoms with van der Waals surface area (Å²) in [7, 11) is 0.